The van der Waals surface area contributed by atoms with Crippen LogP contribution in [0.25, 0.3) is 0 Å². The zero-order valence-electron chi connectivity index (χ0n) is 18.1. The zero-order valence-corrected chi connectivity index (χ0v) is 18.8. The number of fused-ring (bicyclic) bond motifs is 1. The molecule has 4 heterocycles. The molecule has 0 aliphatic carbocycles. The summed E-state index contributed by atoms with van der Waals surface area (Å²) < 4.78 is 27.6. The molecule has 1 atom stereocenters. The molecule has 5 rings (SSSR count). The molecule has 1 aromatic heterocycles. The first-order valence-electron chi connectivity index (χ1n) is 10.8. The summed E-state index contributed by atoms with van der Waals surface area (Å²) in [4.78, 5) is 26.4. The Morgan fingerprint density at radius 3 is 2.41 bits per heavy atom. The SMILES string of the molecule is CN(C)c1nc(Cl)cc(N2CCC3(CC2)CN2CC[C@@H](c4cc(F)cc(F)c4)N2C3=O)n1. The number of aromatic nitrogens is 2. The van der Waals surface area contributed by atoms with Gasteiger partial charge in [0.15, 0.2) is 0 Å². The van der Waals surface area contributed by atoms with Crippen molar-refractivity contribution < 1.29 is 13.6 Å². The molecule has 10 heteroatoms. The van der Waals surface area contributed by atoms with Gasteiger partial charge >= 0.3 is 0 Å². The lowest BCUT2D eigenvalue weighted by Crippen LogP contribution is -2.46. The Morgan fingerprint density at radius 1 is 1.06 bits per heavy atom. The molecule has 3 aliphatic heterocycles. The van der Waals surface area contributed by atoms with Gasteiger partial charge in [-0.2, -0.15) is 4.98 Å². The van der Waals surface area contributed by atoms with E-state index < -0.39 is 17.0 Å². The Hall–Kier alpha value is -2.52. The Kier molecular flexibility index (Phi) is 5.21. The fourth-order valence-corrected chi connectivity index (χ4v) is 5.32. The summed E-state index contributed by atoms with van der Waals surface area (Å²) >= 11 is 6.19. The quantitative estimate of drug-likeness (QED) is 0.653. The van der Waals surface area contributed by atoms with Gasteiger partial charge in [0.25, 0.3) is 0 Å². The Balaban J connectivity index is 1.34. The number of piperidine rings is 1. The molecule has 0 N–H and O–H groups in total. The van der Waals surface area contributed by atoms with Crippen LogP contribution in [0.2, 0.25) is 5.15 Å². The summed E-state index contributed by atoms with van der Waals surface area (Å²) in [6, 6.07) is 4.95. The number of carbonyl (C=O) groups is 1. The van der Waals surface area contributed by atoms with Crippen molar-refractivity contribution in [2.45, 2.75) is 25.3 Å². The highest BCUT2D eigenvalue weighted by Gasteiger charge is 2.56. The first kappa shape index (κ1) is 21.3. The van der Waals surface area contributed by atoms with Crippen LogP contribution in [-0.2, 0) is 4.79 Å². The van der Waals surface area contributed by atoms with E-state index in [2.05, 4.69) is 19.9 Å². The van der Waals surface area contributed by atoms with Crippen LogP contribution < -0.4 is 9.80 Å². The molecule has 3 fully saturated rings. The second kappa shape index (κ2) is 7.81. The first-order chi connectivity index (χ1) is 15.3. The van der Waals surface area contributed by atoms with Crippen LogP contribution in [0.15, 0.2) is 24.3 Å². The molecule has 0 unspecified atom stereocenters. The van der Waals surface area contributed by atoms with Gasteiger partial charge in [0, 0.05) is 52.4 Å². The second-order valence-corrected chi connectivity index (χ2v) is 9.44. The maximum absolute atomic E-state index is 13.8. The van der Waals surface area contributed by atoms with E-state index in [0.29, 0.717) is 62.1 Å². The van der Waals surface area contributed by atoms with Crippen LogP contribution in [0.5, 0.6) is 0 Å². The topological polar surface area (TPSA) is 55.8 Å². The van der Waals surface area contributed by atoms with Crippen molar-refractivity contribution in [2.24, 2.45) is 5.41 Å². The van der Waals surface area contributed by atoms with Gasteiger partial charge in [0.05, 0.1) is 11.5 Å². The maximum atomic E-state index is 13.8. The molecule has 0 saturated carbocycles. The van der Waals surface area contributed by atoms with Gasteiger partial charge in [0.1, 0.15) is 22.6 Å². The van der Waals surface area contributed by atoms with E-state index in [-0.39, 0.29) is 11.9 Å². The van der Waals surface area contributed by atoms with Gasteiger partial charge in [0.2, 0.25) is 11.9 Å². The van der Waals surface area contributed by atoms with Crippen molar-refractivity contribution in [2.75, 3.05) is 50.1 Å². The van der Waals surface area contributed by atoms with Crippen molar-refractivity contribution in [1.29, 1.82) is 0 Å². The summed E-state index contributed by atoms with van der Waals surface area (Å²) in [6.45, 7) is 2.69. The predicted octanol–water partition coefficient (Wildman–Crippen LogP) is 3.27. The van der Waals surface area contributed by atoms with E-state index in [0.717, 1.165) is 11.9 Å². The smallest absolute Gasteiger partial charge is 0.245 e. The molecule has 170 valence electrons. The fourth-order valence-electron chi connectivity index (χ4n) is 5.15. The van der Waals surface area contributed by atoms with E-state index in [1.165, 1.54) is 12.1 Å². The minimum atomic E-state index is -0.617. The van der Waals surface area contributed by atoms with Gasteiger partial charge in [-0.05, 0) is 37.0 Å². The van der Waals surface area contributed by atoms with E-state index in [1.54, 1.807) is 16.0 Å². The lowest BCUT2D eigenvalue weighted by Gasteiger charge is -2.38. The van der Waals surface area contributed by atoms with Gasteiger partial charge < -0.3 is 9.80 Å². The largest absolute Gasteiger partial charge is 0.356 e. The highest BCUT2D eigenvalue weighted by molar-refractivity contribution is 6.29. The zero-order chi connectivity index (χ0) is 22.6. The molecule has 32 heavy (non-hydrogen) atoms. The number of carbonyl (C=O) groups excluding carboxylic acids is 1. The number of nitrogens with zero attached hydrogens (tertiary/aromatic N) is 6. The van der Waals surface area contributed by atoms with Crippen molar-refractivity contribution in [3.63, 3.8) is 0 Å². The van der Waals surface area contributed by atoms with Crippen molar-refractivity contribution >= 4 is 29.3 Å². The minimum Gasteiger partial charge on any atom is -0.356 e. The first-order valence-corrected chi connectivity index (χ1v) is 11.1. The Labute approximate surface area is 190 Å². The van der Waals surface area contributed by atoms with E-state index in [1.807, 2.05) is 14.1 Å². The predicted molar refractivity (Wildman–Crippen MR) is 117 cm³/mol. The molecule has 1 aromatic carbocycles. The summed E-state index contributed by atoms with van der Waals surface area (Å²) in [6.07, 6.45) is 2.04. The number of hydrazine groups is 1. The van der Waals surface area contributed by atoms with Crippen LogP contribution in [0.1, 0.15) is 30.9 Å². The standard InChI is InChI=1S/C22H25ClF2N6O/c1-28(2)21-26-18(23)12-19(27-21)29-7-4-22(5-8-29)13-30-6-3-17(31(30)20(22)32)14-9-15(24)11-16(25)10-14/h9-12,17H,3-8,13H2,1-2H3/t17-/m0/s1. The lowest BCUT2D eigenvalue weighted by atomic mass is 9.77. The lowest BCUT2D eigenvalue weighted by molar-refractivity contribution is -0.143. The minimum absolute atomic E-state index is 0.0546. The molecule has 2 aromatic rings. The molecule has 1 spiro atoms. The average Bonchev–Trinajstić information content (AvgIpc) is 3.26. The molecule has 3 aliphatic rings. The monoisotopic (exact) mass is 462 g/mol. The molecule has 3 saturated heterocycles. The van der Waals surface area contributed by atoms with Crippen LogP contribution in [0, 0.1) is 17.0 Å². The van der Waals surface area contributed by atoms with Gasteiger partial charge in [-0.25, -0.2) is 18.8 Å². The third-order valence-corrected chi connectivity index (χ3v) is 6.98. The van der Waals surface area contributed by atoms with Crippen LogP contribution >= 0.6 is 11.6 Å². The molecule has 0 bridgehead atoms. The van der Waals surface area contributed by atoms with Gasteiger partial charge in [-0.1, -0.05) is 11.6 Å². The van der Waals surface area contributed by atoms with Crippen LogP contribution in [0.4, 0.5) is 20.5 Å². The summed E-state index contributed by atoms with van der Waals surface area (Å²) in [5.74, 6) is 0.117. The number of amides is 1. The van der Waals surface area contributed by atoms with Crippen molar-refractivity contribution in [3.05, 3.63) is 46.6 Å². The highest BCUT2D eigenvalue weighted by Crippen LogP contribution is 2.47. The van der Waals surface area contributed by atoms with E-state index in [4.69, 9.17) is 11.6 Å². The molecule has 1 amide bonds. The van der Waals surface area contributed by atoms with Gasteiger partial charge in [-0.3, -0.25) is 9.80 Å². The highest BCUT2D eigenvalue weighted by atomic mass is 35.5. The third-order valence-electron chi connectivity index (χ3n) is 6.79. The van der Waals surface area contributed by atoms with E-state index >= 15 is 0 Å². The maximum Gasteiger partial charge on any atom is 0.245 e. The molecular formula is C22H25ClF2N6O. The Bertz CT molecular complexity index is 1040. The van der Waals surface area contributed by atoms with Gasteiger partial charge in [-0.15, -0.1) is 0 Å². The second-order valence-electron chi connectivity index (χ2n) is 9.06. The number of halogens is 3. The number of hydrogen-bond donors (Lipinski definition) is 0. The van der Waals surface area contributed by atoms with E-state index in [9.17, 15) is 13.6 Å². The Morgan fingerprint density at radius 2 is 1.75 bits per heavy atom. The van der Waals surface area contributed by atoms with Crippen LogP contribution in [0.3, 0.4) is 0 Å². The van der Waals surface area contributed by atoms with Crippen LogP contribution in [-0.4, -0.2) is 66.2 Å². The fraction of sp³-hybridized carbons (Fsp3) is 0.500. The third kappa shape index (κ3) is 3.57. The van der Waals surface area contributed by atoms with Crippen molar-refractivity contribution in [3.8, 4) is 0 Å². The number of benzene rings is 1. The van der Waals surface area contributed by atoms with Crippen molar-refractivity contribution in [1.82, 2.24) is 20.0 Å². The number of anilines is 2. The summed E-state index contributed by atoms with van der Waals surface area (Å²) in [5, 5.41) is 4.18. The summed E-state index contributed by atoms with van der Waals surface area (Å²) in [5.41, 5.74) is 0.0297. The number of rotatable bonds is 3. The summed E-state index contributed by atoms with van der Waals surface area (Å²) in [7, 11) is 3.72. The molecule has 7 nitrogen and oxygen atoms in total. The number of hydrogen-bond acceptors (Lipinski definition) is 6. The normalized spacial score (nSPS) is 22.7. The molecular weight excluding hydrogens is 438 g/mol. The average molecular weight is 463 g/mol. The molecule has 0 radical (unpaired) electrons.